The molecule has 0 radical (unpaired) electrons. The number of hydrogen-bond acceptors (Lipinski definition) is 5. The SMILES string of the molecule is CC(C)(F)c1cc(F)cc(Oc2c(Cl)cc(NC(=O)CN3CCN(S(C)(=O)=O)CC3)cc2Cl)c1. The Kier molecular flexibility index (Phi) is 8.09. The van der Waals surface area contributed by atoms with E-state index >= 15 is 0 Å². The van der Waals surface area contributed by atoms with Gasteiger partial charge in [0.1, 0.15) is 17.2 Å². The van der Waals surface area contributed by atoms with Gasteiger partial charge < -0.3 is 10.1 Å². The zero-order chi connectivity index (χ0) is 25.3. The topological polar surface area (TPSA) is 79.0 Å². The number of ether oxygens (including phenoxy) is 1. The molecule has 7 nitrogen and oxygen atoms in total. The third kappa shape index (κ3) is 7.02. The molecular weight excluding hydrogens is 511 g/mol. The van der Waals surface area contributed by atoms with E-state index < -0.39 is 21.5 Å². The maximum absolute atomic E-state index is 14.2. The molecule has 1 aliphatic rings. The lowest BCUT2D eigenvalue weighted by atomic mass is 10.00. The van der Waals surface area contributed by atoms with Crippen LogP contribution >= 0.6 is 23.2 Å². The van der Waals surface area contributed by atoms with Crippen LogP contribution in [0.2, 0.25) is 10.0 Å². The molecule has 1 aliphatic heterocycles. The number of carbonyl (C=O) groups is 1. The summed E-state index contributed by atoms with van der Waals surface area (Å²) in [4.78, 5) is 14.3. The summed E-state index contributed by atoms with van der Waals surface area (Å²) >= 11 is 12.6. The predicted octanol–water partition coefficient (Wildman–Crippen LogP) is 4.65. The molecule has 0 aromatic heterocycles. The van der Waals surface area contributed by atoms with Gasteiger partial charge in [-0.05, 0) is 43.7 Å². The second kappa shape index (κ2) is 10.3. The Morgan fingerprint density at radius 2 is 1.68 bits per heavy atom. The number of anilines is 1. The number of nitrogens with zero attached hydrogens (tertiary/aromatic N) is 2. The van der Waals surface area contributed by atoms with E-state index in [0.29, 0.717) is 31.9 Å². The van der Waals surface area contributed by atoms with Crippen molar-refractivity contribution in [1.82, 2.24) is 9.21 Å². The van der Waals surface area contributed by atoms with Crippen LogP contribution in [0.5, 0.6) is 11.5 Å². The van der Waals surface area contributed by atoms with E-state index in [1.165, 1.54) is 36.4 Å². The van der Waals surface area contributed by atoms with Crippen LogP contribution in [0.4, 0.5) is 14.5 Å². The van der Waals surface area contributed by atoms with Gasteiger partial charge in [-0.15, -0.1) is 0 Å². The summed E-state index contributed by atoms with van der Waals surface area (Å²) in [5.74, 6) is -0.943. The van der Waals surface area contributed by atoms with Gasteiger partial charge in [-0.1, -0.05) is 23.2 Å². The minimum atomic E-state index is -3.25. The Bertz CT molecular complexity index is 1160. The summed E-state index contributed by atoms with van der Waals surface area (Å²) < 4.78 is 58.4. The highest BCUT2D eigenvalue weighted by Gasteiger charge is 2.25. The van der Waals surface area contributed by atoms with Gasteiger partial charge in [0, 0.05) is 37.9 Å². The first-order valence-electron chi connectivity index (χ1n) is 10.4. The molecular formula is C22H25Cl2F2N3O4S. The molecule has 0 atom stereocenters. The van der Waals surface area contributed by atoms with Gasteiger partial charge in [0.15, 0.2) is 5.75 Å². The van der Waals surface area contributed by atoms with Crippen molar-refractivity contribution < 1.29 is 26.7 Å². The first kappa shape index (κ1) is 26.6. The van der Waals surface area contributed by atoms with Gasteiger partial charge in [0.25, 0.3) is 0 Å². The highest BCUT2D eigenvalue weighted by molar-refractivity contribution is 7.88. The van der Waals surface area contributed by atoms with E-state index in [9.17, 15) is 22.0 Å². The van der Waals surface area contributed by atoms with Crippen molar-refractivity contribution in [2.24, 2.45) is 0 Å². The Balaban J connectivity index is 1.66. The first-order chi connectivity index (χ1) is 15.7. The molecule has 2 aromatic carbocycles. The third-order valence-electron chi connectivity index (χ3n) is 5.23. The Morgan fingerprint density at radius 3 is 2.21 bits per heavy atom. The number of hydrogen-bond donors (Lipinski definition) is 1. The summed E-state index contributed by atoms with van der Waals surface area (Å²) in [5, 5.41) is 2.82. The molecule has 1 saturated heterocycles. The van der Waals surface area contributed by atoms with Crippen molar-refractivity contribution in [2.45, 2.75) is 19.5 Å². The summed E-state index contributed by atoms with van der Waals surface area (Å²) in [6, 6.07) is 6.38. The van der Waals surface area contributed by atoms with E-state index in [2.05, 4.69) is 5.32 Å². The number of nitrogens with one attached hydrogen (secondary N) is 1. The molecule has 1 amide bonds. The van der Waals surface area contributed by atoms with E-state index in [4.69, 9.17) is 27.9 Å². The zero-order valence-corrected chi connectivity index (χ0v) is 21.2. The zero-order valence-electron chi connectivity index (χ0n) is 18.9. The van der Waals surface area contributed by atoms with Crippen molar-refractivity contribution in [3.05, 3.63) is 51.8 Å². The minimum Gasteiger partial charge on any atom is -0.454 e. The van der Waals surface area contributed by atoms with Crippen LogP contribution in [-0.4, -0.2) is 62.5 Å². The van der Waals surface area contributed by atoms with E-state index in [0.717, 1.165) is 18.4 Å². The van der Waals surface area contributed by atoms with Crippen molar-refractivity contribution in [1.29, 1.82) is 0 Å². The van der Waals surface area contributed by atoms with Crippen LogP contribution in [-0.2, 0) is 20.5 Å². The highest BCUT2D eigenvalue weighted by atomic mass is 35.5. The minimum absolute atomic E-state index is 0.0227. The lowest BCUT2D eigenvalue weighted by Gasteiger charge is -2.32. The van der Waals surface area contributed by atoms with Crippen molar-refractivity contribution in [3.63, 3.8) is 0 Å². The van der Waals surface area contributed by atoms with E-state index in [1.807, 2.05) is 4.90 Å². The van der Waals surface area contributed by atoms with Gasteiger partial charge in [-0.3, -0.25) is 9.69 Å². The standard InChI is InChI=1S/C22H25Cl2F2N3O4S/c1-22(2,26)14-8-15(25)10-17(9-14)33-21-18(23)11-16(12-19(21)24)27-20(30)13-28-4-6-29(7-5-28)34(3,31)32/h8-12H,4-7,13H2,1-3H3,(H,27,30). The monoisotopic (exact) mass is 535 g/mol. The average Bonchev–Trinajstić information content (AvgIpc) is 2.69. The average molecular weight is 536 g/mol. The number of piperazine rings is 1. The maximum Gasteiger partial charge on any atom is 0.238 e. The van der Waals surface area contributed by atoms with Gasteiger partial charge in [-0.2, -0.15) is 4.31 Å². The number of halogens is 4. The molecule has 2 aromatic rings. The smallest absolute Gasteiger partial charge is 0.238 e. The number of sulfonamides is 1. The van der Waals surface area contributed by atoms with Crippen LogP contribution in [0.1, 0.15) is 19.4 Å². The van der Waals surface area contributed by atoms with Gasteiger partial charge in [0.05, 0.1) is 22.8 Å². The summed E-state index contributed by atoms with van der Waals surface area (Å²) in [5.41, 5.74) is -1.36. The number of alkyl halides is 1. The largest absolute Gasteiger partial charge is 0.454 e. The first-order valence-corrected chi connectivity index (χ1v) is 13.0. The Hall–Kier alpha value is -1.98. The number of rotatable bonds is 7. The van der Waals surface area contributed by atoms with Crippen molar-refractivity contribution in [3.8, 4) is 11.5 Å². The fraction of sp³-hybridized carbons (Fsp3) is 0.409. The van der Waals surface area contributed by atoms with Crippen LogP contribution in [0, 0.1) is 5.82 Å². The highest BCUT2D eigenvalue weighted by Crippen LogP contribution is 2.40. The summed E-state index contributed by atoms with van der Waals surface area (Å²) in [6.45, 7) is 4.16. The lowest BCUT2D eigenvalue weighted by Crippen LogP contribution is -2.50. The molecule has 1 fully saturated rings. The lowest BCUT2D eigenvalue weighted by molar-refractivity contribution is -0.117. The van der Waals surface area contributed by atoms with Crippen LogP contribution in [0.25, 0.3) is 0 Å². The molecule has 12 heteroatoms. The van der Waals surface area contributed by atoms with Crippen molar-refractivity contribution >= 4 is 44.8 Å². The van der Waals surface area contributed by atoms with Crippen molar-refractivity contribution in [2.75, 3.05) is 44.3 Å². The molecule has 0 unspecified atom stereocenters. The fourth-order valence-electron chi connectivity index (χ4n) is 3.44. The summed E-state index contributed by atoms with van der Waals surface area (Å²) in [7, 11) is -3.25. The molecule has 1 N–H and O–H groups in total. The third-order valence-corrected chi connectivity index (χ3v) is 7.09. The molecule has 0 saturated carbocycles. The maximum atomic E-state index is 14.2. The normalized spacial score (nSPS) is 15.9. The molecule has 0 spiro atoms. The molecule has 34 heavy (non-hydrogen) atoms. The Labute approximate surface area is 207 Å². The molecule has 0 bridgehead atoms. The number of benzene rings is 2. The number of amides is 1. The van der Waals surface area contributed by atoms with Crippen LogP contribution in [0.3, 0.4) is 0 Å². The van der Waals surface area contributed by atoms with E-state index in [1.54, 1.807) is 0 Å². The summed E-state index contributed by atoms with van der Waals surface area (Å²) in [6.07, 6.45) is 1.16. The molecule has 3 rings (SSSR count). The quantitative estimate of drug-likeness (QED) is 0.558. The Morgan fingerprint density at radius 1 is 1.09 bits per heavy atom. The molecule has 1 heterocycles. The van der Waals surface area contributed by atoms with Gasteiger partial charge >= 0.3 is 0 Å². The van der Waals surface area contributed by atoms with Crippen LogP contribution in [0.15, 0.2) is 30.3 Å². The van der Waals surface area contributed by atoms with Crippen LogP contribution < -0.4 is 10.1 Å². The predicted molar refractivity (Wildman–Crippen MR) is 129 cm³/mol. The van der Waals surface area contributed by atoms with Gasteiger partial charge in [0.2, 0.25) is 15.9 Å². The molecule has 0 aliphatic carbocycles. The fourth-order valence-corrected chi connectivity index (χ4v) is 4.83. The second-order valence-electron chi connectivity index (χ2n) is 8.51. The number of carbonyl (C=O) groups excluding carboxylic acids is 1. The second-order valence-corrected chi connectivity index (χ2v) is 11.3. The molecule has 186 valence electrons. The van der Waals surface area contributed by atoms with Gasteiger partial charge in [-0.25, -0.2) is 17.2 Å². The van der Waals surface area contributed by atoms with E-state index in [-0.39, 0.29) is 39.6 Å².